The monoisotopic (exact) mass is 278 g/mol. The minimum atomic E-state index is -0.888. The molecule has 2 aliphatic rings. The van der Waals surface area contributed by atoms with E-state index in [2.05, 4.69) is 10.2 Å². The lowest BCUT2D eigenvalue weighted by molar-refractivity contribution is -0.143. The minimum absolute atomic E-state index is 0.0795. The van der Waals surface area contributed by atoms with Crippen LogP contribution in [0.25, 0.3) is 0 Å². The molecule has 0 radical (unpaired) electrons. The Morgan fingerprint density at radius 1 is 1.35 bits per heavy atom. The zero-order chi connectivity index (χ0) is 14.7. The molecule has 0 aromatic carbocycles. The molecule has 3 rings (SSSR count). The first-order valence-electron chi connectivity index (χ1n) is 6.76. The van der Waals surface area contributed by atoms with Gasteiger partial charge in [0.05, 0.1) is 17.9 Å². The zero-order valence-corrected chi connectivity index (χ0v) is 11.8. The number of rotatable bonds is 2. The van der Waals surface area contributed by atoms with Crippen LogP contribution in [-0.2, 0) is 16.1 Å². The van der Waals surface area contributed by atoms with Crippen molar-refractivity contribution >= 4 is 11.9 Å². The van der Waals surface area contributed by atoms with Crippen LogP contribution in [0.4, 0.5) is 0 Å². The Kier molecular flexibility index (Phi) is 2.64. The number of carbonyl (C=O) groups excluding carboxylic acids is 1. The van der Waals surface area contributed by atoms with E-state index in [1.165, 1.54) is 0 Å². The van der Waals surface area contributed by atoms with E-state index in [0.717, 1.165) is 5.82 Å². The Hall–Kier alpha value is -1.92. The molecule has 2 heterocycles. The highest BCUT2D eigenvalue weighted by molar-refractivity contribution is 5.91. The average Bonchev–Trinajstić information content (AvgIpc) is 2.73. The first-order chi connectivity index (χ1) is 9.35. The Labute approximate surface area is 116 Å². The number of carboxylic acid groups (broad SMARTS) is 1. The van der Waals surface area contributed by atoms with Gasteiger partial charge in [0.25, 0.3) is 0 Å². The molecular formula is C13H18N4O3. The topological polar surface area (TPSA) is 88.3 Å². The standard InChI is InChI=1S/C13H18N4O3/c1-7-10-15-14-6-16(10)4-5-17(7)11(18)8-9(12(19)20)13(8,2)3/h6-9H,4-5H2,1-3H3,(H,19,20)/t7?,8-,9+/m0/s1. The molecule has 3 atom stereocenters. The van der Waals surface area contributed by atoms with E-state index >= 15 is 0 Å². The van der Waals surface area contributed by atoms with Gasteiger partial charge >= 0.3 is 5.97 Å². The smallest absolute Gasteiger partial charge is 0.307 e. The van der Waals surface area contributed by atoms with Crippen LogP contribution in [-0.4, -0.2) is 43.2 Å². The third-order valence-electron chi connectivity index (χ3n) is 4.71. The fourth-order valence-electron chi connectivity index (χ4n) is 3.35. The Morgan fingerprint density at radius 3 is 2.65 bits per heavy atom. The highest BCUT2D eigenvalue weighted by Gasteiger charge is 2.67. The largest absolute Gasteiger partial charge is 0.481 e. The summed E-state index contributed by atoms with van der Waals surface area (Å²) in [4.78, 5) is 25.6. The van der Waals surface area contributed by atoms with Gasteiger partial charge in [-0.1, -0.05) is 13.8 Å². The van der Waals surface area contributed by atoms with Gasteiger partial charge in [0.15, 0.2) is 5.82 Å². The molecule has 1 unspecified atom stereocenters. The fraction of sp³-hybridized carbons (Fsp3) is 0.692. The second kappa shape index (κ2) is 4.04. The Balaban J connectivity index is 1.82. The normalized spacial score (nSPS) is 30.8. The average molecular weight is 278 g/mol. The molecule has 20 heavy (non-hydrogen) atoms. The van der Waals surface area contributed by atoms with Crippen molar-refractivity contribution in [2.45, 2.75) is 33.4 Å². The number of aromatic nitrogens is 3. The lowest BCUT2D eigenvalue weighted by Gasteiger charge is -2.33. The van der Waals surface area contributed by atoms with E-state index in [1.807, 2.05) is 25.3 Å². The van der Waals surface area contributed by atoms with E-state index in [-0.39, 0.29) is 11.9 Å². The molecule has 1 amide bonds. The second-order valence-electron chi connectivity index (χ2n) is 6.21. The molecule has 1 aliphatic carbocycles. The van der Waals surface area contributed by atoms with Gasteiger partial charge in [-0.05, 0) is 12.3 Å². The van der Waals surface area contributed by atoms with Gasteiger partial charge in [0.2, 0.25) is 5.91 Å². The molecule has 108 valence electrons. The summed E-state index contributed by atoms with van der Waals surface area (Å²) >= 11 is 0. The maximum Gasteiger partial charge on any atom is 0.307 e. The molecule has 1 aromatic rings. The summed E-state index contributed by atoms with van der Waals surface area (Å²) in [5.74, 6) is -1.22. The summed E-state index contributed by atoms with van der Waals surface area (Å²) in [7, 11) is 0. The highest BCUT2D eigenvalue weighted by atomic mass is 16.4. The molecule has 1 aliphatic heterocycles. The SMILES string of the molecule is CC1c2nncn2CCN1C(=O)[C@@H]1[C@H](C(=O)O)C1(C)C. The van der Waals surface area contributed by atoms with Gasteiger partial charge < -0.3 is 14.6 Å². The number of hydrogen-bond donors (Lipinski definition) is 1. The van der Waals surface area contributed by atoms with Gasteiger partial charge in [-0.3, -0.25) is 9.59 Å². The zero-order valence-electron chi connectivity index (χ0n) is 11.8. The lowest BCUT2D eigenvalue weighted by atomic mass is 10.1. The van der Waals surface area contributed by atoms with Crippen molar-refractivity contribution in [3.63, 3.8) is 0 Å². The van der Waals surface area contributed by atoms with Crippen LogP contribution < -0.4 is 0 Å². The maximum absolute atomic E-state index is 12.6. The molecule has 0 bridgehead atoms. The van der Waals surface area contributed by atoms with Crippen molar-refractivity contribution in [1.82, 2.24) is 19.7 Å². The van der Waals surface area contributed by atoms with Crippen LogP contribution in [0.2, 0.25) is 0 Å². The molecule has 0 saturated heterocycles. The Bertz CT molecular complexity index is 580. The fourth-order valence-corrected chi connectivity index (χ4v) is 3.35. The van der Waals surface area contributed by atoms with Crippen molar-refractivity contribution in [3.8, 4) is 0 Å². The van der Waals surface area contributed by atoms with Crippen LogP contribution in [0.1, 0.15) is 32.6 Å². The van der Waals surface area contributed by atoms with Crippen molar-refractivity contribution in [3.05, 3.63) is 12.2 Å². The first kappa shape index (κ1) is 13.1. The van der Waals surface area contributed by atoms with E-state index < -0.39 is 23.2 Å². The summed E-state index contributed by atoms with van der Waals surface area (Å²) in [6, 6.07) is -0.162. The van der Waals surface area contributed by atoms with Crippen molar-refractivity contribution in [1.29, 1.82) is 0 Å². The van der Waals surface area contributed by atoms with Gasteiger partial charge in [-0.25, -0.2) is 0 Å². The molecule has 7 nitrogen and oxygen atoms in total. The van der Waals surface area contributed by atoms with Crippen LogP contribution in [0.5, 0.6) is 0 Å². The van der Waals surface area contributed by atoms with E-state index in [0.29, 0.717) is 13.1 Å². The van der Waals surface area contributed by atoms with Gasteiger partial charge in [-0.2, -0.15) is 0 Å². The summed E-state index contributed by atoms with van der Waals surface area (Å²) in [6.45, 7) is 6.81. The molecule has 1 fully saturated rings. The molecule has 1 N–H and O–H groups in total. The number of nitrogens with zero attached hydrogens (tertiary/aromatic N) is 4. The van der Waals surface area contributed by atoms with Crippen molar-refractivity contribution in [2.24, 2.45) is 17.3 Å². The summed E-state index contributed by atoms with van der Waals surface area (Å²) in [6.07, 6.45) is 1.66. The van der Waals surface area contributed by atoms with Gasteiger partial charge in [-0.15, -0.1) is 10.2 Å². The molecule has 7 heteroatoms. The molecular weight excluding hydrogens is 260 g/mol. The molecule has 1 aromatic heterocycles. The lowest BCUT2D eigenvalue weighted by Crippen LogP contribution is -2.42. The molecule has 1 saturated carbocycles. The highest BCUT2D eigenvalue weighted by Crippen LogP contribution is 2.59. The molecule has 0 spiro atoms. The first-order valence-corrected chi connectivity index (χ1v) is 6.76. The number of carbonyl (C=O) groups is 2. The quantitative estimate of drug-likeness (QED) is 0.853. The number of aliphatic carboxylic acids is 1. The number of fused-ring (bicyclic) bond motifs is 1. The van der Waals surface area contributed by atoms with E-state index in [1.54, 1.807) is 11.2 Å². The minimum Gasteiger partial charge on any atom is -0.481 e. The second-order valence-corrected chi connectivity index (χ2v) is 6.21. The third kappa shape index (κ3) is 1.65. The third-order valence-corrected chi connectivity index (χ3v) is 4.71. The van der Waals surface area contributed by atoms with Gasteiger partial charge in [0.1, 0.15) is 6.33 Å². The van der Waals surface area contributed by atoms with Crippen LogP contribution in [0.3, 0.4) is 0 Å². The summed E-state index contributed by atoms with van der Waals surface area (Å²) in [5, 5.41) is 17.1. The number of amides is 1. The maximum atomic E-state index is 12.6. The predicted molar refractivity (Wildman–Crippen MR) is 68.5 cm³/mol. The summed E-state index contributed by atoms with van der Waals surface area (Å²) in [5.41, 5.74) is -0.465. The number of hydrogen-bond acceptors (Lipinski definition) is 4. The number of carboxylic acids is 1. The van der Waals surface area contributed by atoms with Crippen LogP contribution >= 0.6 is 0 Å². The van der Waals surface area contributed by atoms with Crippen molar-refractivity contribution in [2.75, 3.05) is 6.54 Å². The predicted octanol–water partition coefficient (Wildman–Crippen LogP) is 0.538. The van der Waals surface area contributed by atoms with Crippen LogP contribution in [0, 0.1) is 17.3 Å². The Morgan fingerprint density at radius 2 is 2.05 bits per heavy atom. The van der Waals surface area contributed by atoms with E-state index in [4.69, 9.17) is 0 Å². The van der Waals surface area contributed by atoms with Crippen molar-refractivity contribution < 1.29 is 14.7 Å². The van der Waals surface area contributed by atoms with Gasteiger partial charge in [0, 0.05) is 13.1 Å². The van der Waals surface area contributed by atoms with Crippen LogP contribution in [0.15, 0.2) is 6.33 Å². The summed E-state index contributed by atoms with van der Waals surface area (Å²) < 4.78 is 1.93. The van der Waals surface area contributed by atoms with E-state index in [9.17, 15) is 14.7 Å².